The second-order valence-corrected chi connectivity index (χ2v) is 15.1. The number of rotatable bonds is 40. The van der Waals surface area contributed by atoms with Crippen LogP contribution in [-0.4, -0.2) is 34.9 Å². The van der Waals surface area contributed by atoms with Gasteiger partial charge in [-0.1, -0.05) is 212 Å². The Balaban J connectivity index is 3.53. The average molecular weight is 690 g/mol. The minimum atomic E-state index is -0.840. The van der Waals surface area contributed by atoms with Crippen LogP contribution < -0.4 is 5.32 Å². The van der Waals surface area contributed by atoms with Crippen LogP contribution in [0, 0.1) is 0 Å². The van der Waals surface area contributed by atoms with Crippen LogP contribution in [0.2, 0.25) is 0 Å². The molecule has 3 N–H and O–H groups in total. The Labute approximate surface area is 307 Å². The molecule has 0 saturated carbocycles. The van der Waals surface area contributed by atoms with Crippen molar-refractivity contribution in [1.82, 2.24) is 5.32 Å². The Morgan fingerprint density at radius 1 is 0.469 bits per heavy atom. The van der Waals surface area contributed by atoms with E-state index in [2.05, 4.69) is 31.3 Å². The summed E-state index contributed by atoms with van der Waals surface area (Å²) in [6, 6.07) is -0.623. The molecule has 0 spiro atoms. The minimum Gasteiger partial charge on any atom is -0.394 e. The first kappa shape index (κ1) is 47.9. The van der Waals surface area contributed by atoms with E-state index in [1.165, 1.54) is 186 Å². The van der Waals surface area contributed by atoms with Gasteiger partial charge in [0.1, 0.15) is 0 Å². The Morgan fingerprint density at radius 3 is 1.12 bits per heavy atom. The summed E-state index contributed by atoms with van der Waals surface area (Å²) < 4.78 is 0. The summed E-state index contributed by atoms with van der Waals surface area (Å²) in [4.78, 5) is 12.3. The maximum atomic E-state index is 12.3. The number of carbonyl (C=O) groups excluding carboxylic acids is 1. The van der Waals surface area contributed by atoms with Gasteiger partial charge in [0.15, 0.2) is 0 Å². The van der Waals surface area contributed by atoms with Crippen LogP contribution in [0.5, 0.6) is 0 Å². The third-order valence-corrected chi connectivity index (χ3v) is 10.2. The quantitative estimate of drug-likeness (QED) is 0.0443. The molecule has 4 heteroatoms. The van der Waals surface area contributed by atoms with Gasteiger partial charge in [-0.3, -0.25) is 4.79 Å². The maximum absolute atomic E-state index is 12.3. The van der Waals surface area contributed by atoms with Crippen molar-refractivity contribution in [2.24, 2.45) is 0 Å². The van der Waals surface area contributed by atoms with Crippen LogP contribution in [0.25, 0.3) is 0 Å². The van der Waals surface area contributed by atoms with Crippen molar-refractivity contribution in [3.05, 3.63) is 24.3 Å². The molecule has 2 atom stereocenters. The van der Waals surface area contributed by atoms with E-state index in [9.17, 15) is 15.0 Å². The molecule has 0 rings (SSSR count). The first-order valence-electron chi connectivity index (χ1n) is 22.1. The summed E-state index contributed by atoms with van der Waals surface area (Å²) in [6.07, 6.45) is 52.9. The van der Waals surface area contributed by atoms with E-state index in [1.54, 1.807) is 6.08 Å². The van der Waals surface area contributed by atoms with Crippen molar-refractivity contribution < 1.29 is 15.0 Å². The topological polar surface area (TPSA) is 69.6 Å². The lowest BCUT2D eigenvalue weighted by Gasteiger charge is -2.20. The van der Waals surface area contributed by atoms with Crippen molar-refractivity contribution in [1.29, 1.82) is 0 Å². The Morgan fingerprint density at radius 2 is 0.776 bits per heavy atom. The molecule has 0 heterocycles. The van der Waals surface area contributed by atoms with E-state index < -0.39 is 12.1 Å². The fraction of sp³-hybridized carbons (Fsp3) is 0.889. The SMILES string of the molecule is CCCCCCC/C=C\CCCCCCCC(=O)NC(CO)C(O)/C=C/CCCCCCCCCCCCCCCCCCCCCCC. The Kier molecular flexibility index (Phi) is 40.3. The summed E-state index contributed by atoms with van der Waals surface area (Å²) in [5.74, 6) is -0.0716. The van der Waals surface area contributed by atoms with Gasteiger partial charge in [-0.25, -0.2) is 0 Å². The molecule has 0 aromatic carbocycles. The van der Waals surface area contributed by atoms with Crippen molar-refractivity contribution in [3.63, 3.8) is 0 Å². The molecular weight excluding hydrogens is 602 g/mol. The van der Waals surface area contributed by atoms with Crippen LogP contribution >= 0.6 is 0 Å². The average Bonchev–Trinajstić information content (AvgIpc) is 3.10. The molecule has 49 heavy (non-hydrogen) atoms. The molecule has 0 saturated heterocycles. The Hall–Kier alpha value is -1.13. The van der Waals surface area contributed by atoms with Crippen molar-refractivity contribution in [3.8, 4) is 0 Å². The zero-order chi connectivity index (χ0) is 35.7. The third-order valence-electron chi connectivity index (χ3n) is 10.2. The first-order valence-corrected chi connectivity index (χ1v) is 22.1. The minimum absolute atomic E-state index is 0.0716. The van der Waals surface area contributed by atoms with Crippen LogP contribution in [-0.2, 0) is 4.79 Å². The number of unbranched alkanes of at least 4 members (excludes halogenated alkanes) is 31. The predicted molar refractivity (Wildman–Crippen MR) is 216 cm³/mol. The number of hydrogen-bond donors (Lipinski definition) is 3. The highest BCUT2D eigenvalue weighted by molar-refractivity contribution is 5.76. The molecule has 2 unspecified atom stereocenters. The monoisotopic (exact) mass is 690 g/mol. The highest BCUT2D eigenvalue weighted by Gasteiger charge is 2.17. The van der Waals surface area contributed by atoms with Gasteiger partial charge in [0.25, 0.3) is 0 Å². The summed E-state index contributed by atoms with van der Waals surface area (Å²) in [5.41, 5.74) is 0. The highest BCUT2D eigenvalue weighted by atomic mass is 16.3. The highest BCUT2D eigenvalue weighted by Crippen LogP contribution is 2.16. The fourth-order valence-electron chi connectivity index (χ4n) is 6.76. The van der Waals surface area contributed by atoms with Gasteiger partial charge in [0.05, 0.1) is 18.8 Å². The maximum Gasteiger partial charge on any atom is 0.220 e. The van der Waals surface area contributed by atoms with E-state index in [0.29, 0.717) is 6.42 Å². The zero-order valence-corrected chi connectivity index (χ0v) is 33.2. The van der Waals surface area contributed by atoms with Gasteiger partial charge < -0.3 is 15.5 Å². The summed E-state index contributed by atoms with van der Waals surface area (Å²) >= 11 is 0. The number of carbonyl (C=O) groups is 1. The Bertz CT molecular complexity index is 705. The molecule has 0 bridgehead atoms. The molecular formula is C45H87NO3. The van der Waals surface area contributed by atoms with Crippen LogP contribution in [0.4, 0.5) is 0 Å². The number of allylic oxidation sites excluding steroid dienone is 3. The van der Waals surface area contributed by atoms with Gasteiger partial charge in [0.2, 0.25) is 5.91 Å². The second kappa shape index (κ2) is 41.3. The van der Waals surface area contributed by atoms with Gasteiger partial charge in [-0.15, -0.1) is 0 Å². The molecule has 0 radical (unpaired) electrons. The zero-order valence-electron chi connectivity index (χ0n) is 33.2. The van der Waals surface area contributed by atoms with Crippen LogP contribution in [0.15, 0.2) is 24.3 Å². The van der Waals surface area contributed by atoms with Crippen molar-refractivity contribution in [2.45, 2.75) is 251 Å². The lowest BCUT2D eigenvalue weighted by Crippen LogP contribution is -2.45. The molecule has 4 nitrogen and oxygen atoms in total. The normalized spacial score (nSPS) is 13.1. The van der Waals surface area contributed by atoms with Gasteiger partial charge >= 0.3 is 0 Å². The third kappa shape index (κ3) is 37.9. The van der Waals surface area contributed by atoms with Crippen molar-refractivity contribution in [2.75, 3.05) is 6.61 Å². The van der Waals surface area contributed by atoms with E-state index in [0.717, 1.165) is 32.1 Å². The molecule has 0 aromatic rings. The molecule has 1 amide bonds. The molecule has 0 aliphatic rings. The van der Waals surface area contributed by atoms with Crippen molar-refractivity contribution >= 4 is 5.91 Å². The van der Waals surface area contributed by atoms with Gasteiger partial charge in [0, 0.05) is 6.42 Å². The van der Waals surface area contributed by atoms with E-state index in [-0.39, 0.29) is 12.5 Å². The molecule has 0 fully saturated rings. The van der Waals surface area contributed by atoms with E-state index in [4.69, 9.17) is 0 Å². The van der Waals surface area contributed by atoms with Crippen LogP contribution in [0.3, 0.4) is 0 Å². The number of hydrogen-bond acceptors (Lipinski definition) is 3. The van der Waals surface area contributed by atoms with Gasteiger partial charge in [-0.05, 0) is 44.9 Å². The summed E-state index contributed by atoms with van der Waals surface area (Å²) in [5, 5.41) is 23.0. The number of amides is 1. The lowest BCUT2D eigenvalue weighted by atomic mass is 10.0. The molecule has 0 aliphatic heterocycles. The van der Waals surface area contributed by atoms with Crippen LogP contribution in [0.1, 0.15) is 239 Å². The van der Waals surface area contributed by atoms with E-state index in [1.807, 2.05) is 6.08 Å². The number of nitrogens with one attached hydrogen (secondary N) is 1. The van der Waals surface area contributed by atoms with Gasteiger partial charge in [-0.2, -0.15) is 0 Å². The second-order valence-electron chi connectivity index (χ2n) is 15.1. The number of aliphatic hydroxyl groups is 2. The van der Waals surface area contributed by atoms with E-state index >= 15 is 0 Å². The summed E-state index contributed by atoms with van der Waals surface area (Å²) in [6.45, 7) is 4.31. The smallest absolute Gasteiger partial charge is 0.220 e. The fourth-order valence-corrected chi connectivity index (χ4v) is 6.76. The number of aliphatic hydroxyl groups excluding tert-OH is 2. The first-order chi connectivity index (χ1) is 24.2. The molecule has 0 aliphatic carbocycles. The molecule has 0 aromatic heterocycles. The predicted octanol–water partition coefficient (Wildman–Crippen LogP) is 13.6. The lowest BCUT2D eigenvalue weighted by molar-refractivity contribution is -0.123. The largest absolute Gasteiger partial charge is 0.394 e. The standard InChI is InChI=1S/C45H87NO3/c1-3-5-7-9-11-13-15-17-19-20-21-22-23-24-25-26-27-28-30-32-34-36-38-40-44(48)43(42-47)46-45(49)41-39-37-35-33-31-29-18-16-14-12-10-8-6-4-2/h16,18,38,40,43-44,47-48H,3-15,17,19-37,39,41-42H2,1-2H3,(H,46,49)/b18-16-,40-38+. The molecule has 290 valence electrons. The summed E-state index contributed by atoms with van der Waals surface area (Å²) in [7, 11) is 0.